The van der Waals surface area contributed by atoms with Crippen molar-refractivity contribution in [1.29, 1.82) is 0 Å². The van der Waals surface area contributed by atoms with Gasteiger partial charge in [0.15, 0.2) is 0 Å². The zero-order chi connectivity index (χ0) is 21.4. The maximum atomic E-state index is 12.4. The highest BCUT2D eigenvalue weighted by Crippen LogP contribution is 2.23. The number of carbonyl (C=O) groups excluding carboxylic acids is 3. The van der Waals surface area contributed by atoms with Gasteiger partial charge in [-0.1, -0.05) is 12.1 Å². The van der Waals surface area contributed by atoms with Crippen LogP contribution in [0.4, 0.5) is 11.4 Å². The van der Waals surface area contributed by atoms with Gasteiger partial charge in [-0.15, -0.1) is 0 Å². The number of nitrogens with zero attached hydrogens (tertiary/aromatic N) is 1. The highest BCUT2D eigenvalue weighted by molar-refractivity contribution is 6.05. The summed E-state index contributed by atoms with van der Waals surface area (Å²) in [6.45, 7) is 3.81. The molecule has 0 unspecified atom stereocenters. The van der Waals surface area contributed by atoms with Crippen molar-refractivity contribution in [2.75, 3.05) is 30.8 Å². The summed E-state index contributed by atoms with van der Waals surface area (Å²) in [5.41, 5.74) is 6.77. The van der Waals surface area contributed by atoms with E-state index < -0.39 is 5.91 Å². The second-order valence-electron chi connectivity index (χ2n) is 6.74. The van der Waals surface area contributed by atoms with Crippen molar-refractivity contribution >= 4 is 29.1 Å². The van der Waals surface area contributed by atoms with Crippen LogP contribution in [0.25, 0.3) is 0 Å². The molecule has 8 nitrogen and oxygen atoms in total. The van der Waals surface area contributed by atoms with E-state index in [1.165, 1.54) is 7.11 Å². The molecule has 0 atom stereocenters. The monoisotopic (exact) mass is 398 g/mol. The van der Waals surface area contributed by atoms with E-state index in [1.807, 2.05) is 19.9 Å². The molecular formula is C21H26N4O4. The molecule has 2 aromatic carbocycles. The number of methoxy groups -OCH3 is 1. The van der Waals surface area contributed by atoms with Crippen molar-refractivity contribution in [3.8, 4) is 5.75 Å². The van der Waals surface area contributed by atoms with Crippen molar-refractivity contribution in [1.82, 2.24) is 4.90 Å². The number of benzene rings is 2. The number of ether oxygens (including phenoxy) is 1. The Kier molecular flexibility index (Phi) is 7.73. The van der Waals surface area contributed by atoms with Crippen LogP contribution in [0.3, 0.4) is 0 Å². The minimum absolute atomic E-state index is 0.00528. The number of nitrogens with two attached hydrogens (primary N) is 1. The summed E-state index contributed by atoms with van der Waals surface area (Å²) in [4.78, 5) is 37.5. The summed E-state index contributed by atoms with van der Waals surface area (Å²) in [7, 11) is 1.53. The summed E-state index contributed by atoms with van der Waals surface area (Å²) >= 11 is 0. The molecular weight excluding hydrogens is 372 g/mol. The zero-order valence-electron chi connectivity index (χ0n) is 16.8. The fourth-order valence-corrected chi connectivity index (χ4v) is 2.65. The van der Waals surface area contributed by atoms with Crippen LogP contribution in [0, 0.1) is 0 Å². The van der Waals surface area contributed by atoms with Gasteiger partial charge in [0.25, 0.3) is 5.91 Å². The van der Waals surface area contributed by atoms with Gasteiger partial charge in [-0.3, -0.25) is 19.3 Å². The fourth-order valence-electron chi connectivity index (χ4n) is 2.65. The molecule has 8 heteroatoms. The lowest BCUT2D eigenvalue weighted by atomic mass is 10.2. The van der Waals surface area contributed by atoms with E-state index in [9.17, 15) is 14.4 Å². The lowest BCUT2D eigenvalue weighted by molar-refractivity contribution is -0.121. The number of anilines is 2. The largest absolute Gasteiger partial charge is 0.495 e. The van der Waals surface area contributed by atoms with E-state index in [0.29, 0.717) is 22.7 Å². The Bertz CT molecular complexity index is 865. The van der Waals surface area contributed by atoms with Crippen molar-refractivity contribution < 1.29 is 19.1 Å². The topological polar surface area (TPSA) is 114 Å². The zero-order valence-corrected chi connectivity index (χ0v) is 16.8. The Balaban J connectivity index is 1.98. The van der Waals surface area contributed by atoms with Gasteiger partial charge in [0.1, 0.15) is 5.75 Å². The van der Waals surface area contributed by atoms with Crippen LogP contribution < -0.4 is 21.1 Å². The van der Waals surface area contributed by atoms with E-state index in [-0.39, 0.29) is 30.9 Å². The van der Waals surface area contributed by atoms with Crippen LogP contribution in [0.1, 0.15) is 24.2 Å². The highest BCUT2D eigenvalue weighted by atomic mass is 16.5. The first-order chi connectivity index (χ1) is 13.8. The molecule has 0 aliphatic carbocycles. The third-order valence-corrected chi connectivity index (χ3v) is 4.22. The predicted octanol–water partition coefficient (Wildman–Crippen LogP) is 2.08. The summed E-state index contributed by atoms with van der Waals surface area (Å²) in [5.74, 6) is -0.488. The van der Waals surface area contributed by atoms with Crippen LogP contribution >= 0.6 is 0 Å². The molecule has 154 valence electrons. The molecule has 29 heavy (non-hydrogen) atoms. The van der Waals surface area contributed by atoms with Crippen molar-refractivity contribution in [2.24, 2.45) is 5.73 Å². The van der Waals surface area contributed by atoms with Crippen LogP contribution in [0.5, 0.6) is 5.75 Å². The number of rotatable bonds is 9. The van der Waals surface area contributed by atoms with E-state index in [0.717, 1.165) is 0 Å². The first-order valence-electron chi connectivity index (χ1n) is 9.16. The van der Waals surface area contributed by atoms with Crippen LogP contribution in [-0.2, 0) is 9.59 Å². The normalized spacial score (nSPS) is 10.7. The van der Waals surface area contributed by atoms with Gasteiger partial charge in [-0.25, -0.2) is 0 Å². The molecule has 2 aromatic rings. The second kappa shape index (κ2) is 10.2. The molecule has 0 radical (unpaired) electrons. The molecule has 0 spiro atoms. The van der Waals surface area contributed by atoms with E-state index in [1.54, 1.807) is 47.4 Å². The molecule has 2 rings (SSSR count). The van der Waals surface area contributed by atoms with Gasteiger partial charge < -0.3 is 21.1 Å². The Morgan fingerprint density at radius 3 is 2.24 bits per heavy atom. The van der Waals surface area contributed by atoms with Gasteiger partial charge in [0.2, 0.25) is 11.8 Å². The van der Waals surface area contributed by atoms with Gasteiger partial charge >= 0.3 is 0 Å². The number of amides is 3. The molecule has 0 saturated heterocycles. The van der Waals surface area contributed by atoms with E-state index in [4.69, 9.17) is 10.5 Å². The number of hydrogen-bond acceptors (Lipinski definition) is 5. The number of nitrogens with one attached hydrogen (secondary N) is 2. The lowest BCUT2D eigenvalue weighted by Gasteiger charge is -2.24. The second-order valence-corrected chi connectivity index (χ2v) is 6.74. The van der Waals surface area contributed by atoms with Crippen LogP contribution in [0.2, 0.25) is 0 Å². The van der Waals surface area contributed by atoms with Gasteiger partial charge in [0.05, 0.1) is 25.9 Å². The first kappa shape index (κ1) is 21.9. The molecule has 3 amide bonds. The number of primary amides is 1. The molecule has 0 bridgehead atoms. The molecule has 0 aromatic heterocycles. The van der Waals surface area contributed by atoms with Crippen molar-refractivity contribution in [2.45, 2.75) is 19.9 Å². The summed E-state index contributed by atoms with van der Waals surface area (Å²) in [5, 5.41) is 5.54. The van der Waals surface area contributed by atoms with Crippen LogP contribution in [0.15, 0.2) is 48.5 Å². The Morgan fingerprint density at radius 1 is 1.00 bits per heavy atom. The fraction of sp³-hybridized carbons (Fsp3) is 0.286. The van der Waals surface area contributed by atoms with Gasteiger partial charge in [-0.05, 0) is 50.2 Å². The molecule has 0 aliphatic heterocycles. The standard InChI is InChI=1S/C21H26N4O4/c1-14(2)25(12-19(22)26)13-20(27)23-16-10-8-15(9-11-16)21(28)24-17-6-4-5-7-18(17)29-3/h4-11,14H,12-13H2,1-3H3,(H2,22,26)(H,23,27)(H,24,28). The summed E-state index contributed by atoms with van der Waals surface area (Å²) in [6, 6.07) is 13.6. The average molecular weight is 398 g/mol. The minimum atomic E-state index is -0.489. The highest BCUT2D eigenvalue weighted by Gasteiger charge is 2.16. The lowest BCUT2D eigenvalue weighted by Crippen LogP contribution is -2.43. The Labute approximate surface area is 170 Å². The van der Waals surface area contributed by atoms with Crippen LogP contribution in [-0.4, -0.2) is 48.9 Å². The summed E-state index contributed by atoms with van der Waals surface area (Å²) in [6.07, 6.45) is 0. The Hall–Kier alpha value is -3.39. The molecule has 0 fully saturated rings. The number of carbonyl (C=O) groups is 3. The van der Waals surface area contributed by atoms with Gasteiger partial charge in [-0.2, -0.15) is 0 Å². The van der Waals surface area contributed by atoms with Crippen molar-refractivity contribution in [3.63, 3.8) is 0 Å². The Morgan fingerprint density at radius 2 is 1.66 bits per heavy atom. The maximum Gasteiger partial charge on any atom is 0.255 e. The summed E-state index contributed by atoms with van der Waals surface area (Å²) < 4.78 is 5.22. The minimum Gasteiger partial charge on any atom is -0.495 e. The predicted molar refractivity (Wildman–Crippen MR) is 112 cm³/mol. The molecule has 4 N–H and O–H groups in total. The van der Waals surface area contributed by atoms with Gasteiger partial charge in [0, 0.05) is 17.3 Å². The number of hydrogen-bond donors (Lipinski definition) is 3. The van der Waals surface area contributed by atoms with Crippen molar-refractivity contribution in [3.05, 3.63) is 54.1 Å². The molecule has 0 heterocycles. The SMILES string of the molecule is COc1ccccc1NC(=O)c1ccc(NC(=O)CN(CC(N)=O)C(C)C)cc1. The smallest absolute Gasteiger partial charge is 0.255 e. The number of para-hydroxylation sites is 2. The van der Waals surface area contributed by atoms with E-state index in [2.05, 4.69) is 10.6 Å². The third kappa shape index (κ3) is 6.62. The van der Waals surface area contributed by atoms with E-state index >= 15 is 0 Å². The maximum absolute atomic E-state index is 12.4. The third-order valence-electron chi connectivity index (χ3n) is 4.22. The quantitative estimate of drug-likeness (QED) is 0.598. The first-order valence-corrected chi connectivity index (χ1v) is 9.16. The molecule has 0 aliphatic rings. The average Bonchev–Trinajstić information content (AvgIpc) is 2.68. The molecule has 0 saturated carbocycles.